The van der Waals surface area contributed by atoms with Gasteiger partial charge in [-0.2, -0.15) is 0 Å². The second-order valence-corrected chi connectivity index (χ2v) is 4.26. The second kappa shape index (κ2) is 8.84. The lowest BCUT2D eigenvalue weighted by atomic mass is 10.2. The molecule has 0 aromatic heterocycles. The number of hydrogen-bond donors (Lipinski definition) is 1. The van der Waals surface area contributed by atoms with Crippen LogP contribution in [0.5, 0.6) is 11.5 Å². The van der Waals surface area contributed by atoms with Crippen molar-refractivity contribution in [3.05, 3.63) is 23.8 Å². The molecule has 0 bridgehead atoms. The van der Waals surface area contributed by atoms with Crippen LogP contribution in [0.15, 0.2) is 18.2 Å². The monoisotopic (exact) mass is 296 g/mol. The number of carbonyl (C=O) groups excluding carboxylic acids is 2. The molecule has 6 heteroatoms. The Bertz CT molecular complexity index is 483. The van der Waals surface area contributed by atoms with Gasteiger partial charge in [0.2, 0.25) is 0 Å². The Balaban J connectivity index is 2.59. The predicted octanol–water partition coefficient (Wildman–Crippen LogP) is 2.29. The third-order valence-electron chi connectivity index (χ3n) is 2.58. The van der Waals surface area contributed by atoms with E-state index in [0.717, 1.165) is 12.8 Å². The highest BCUT2D eigenvalue weighted by Crippen LogP contribution is 2.24. The van der Waals surface area contributed by atoms with Crippen molar-refractivity contribution in [2.75, 3.05) is 19.8 Å². The molecular weight excluding hydrogens is 276 g/mol. The van der Waals surface area contributed by atoms with E-state index in [2.05, 4.69) is 0 Å². The van der Waals surface area contributed by atoms with Crippen molar-refractivity contribution >= 4 is 11.9 Å². The molecule has 0 fully saturated rings. The predicted molar refractivity (Wildman–Crippen MR) is 75.4 cm³/mol. The first-order valence-electron chi connectivity index (χ1n) is 6.87. The molecule has 116 valence electrons. The summed E-state index contributed by atoms with van der Waals surface area (Å²) in [6, 6.07) is 4.13. The Morgan fingerprint density at radius 1 is 1.19 bits per heavy atom. The molecule has 0 unspecified atom stereocenters. The molecule has 1 aromatic carbocycles. The maximum Gasteiger partial charge on any atom is 0.344 e. The first-order valence-corrected chi connectivity index (χ1v) is 6.87. The Hall–Kier alpha value is -2.24. The number of benzene rings is 1. The van der Waals surface area contributed by atoms with Crippen LogP contribution in [-0.2, 0) is 14.3 Å². The van der Waals surface area contributed by atoms with Crippen LogP contribution in [0.2, 0.25) is 0 Å². The lowest BCUT2D eigenvalue weighted by molar-refractivity contribution is -0.145. The molecule has 6 nitrogen and oxygen atoms in total. The molecule has 0 spiro atoms. The lowest BCUT2D eigenvalue weighted by Gasteiger charge is -2.09. The molecule has 1 N–H and O–H groups in total. The van der Waals surface area contributed by atoms with Gasteiger partial charge >= 0.3 is 11.9 Å². The summed E-state index contributed by atoms with van der Waals surface area (Å²) in [4.78, 5) is 22.8. The molecule has 0 aliphatic carbocycles. The van der Waals surface area contributed by atoms with Crippen molar-refractivity contribution in [1.29, 1.82) is 0 Å². The van der Waals surface area contributed by atoms with E-state index in [1.54, 1.807) is 6.92 Å². The van der Waals surface area contributed by atoms with Crippen LogP contribution in [0, 0.1) is 0 Å². The molecule has 0 radical (unpaired) electrons. The van der Waals surface area contributed by atoms with Gasteiger partial charge in [-0.15, -0.1) is 0 Å². The van der Waals surface area contributed by atoms with Gasteiger partial charge in [-0.25, -0.2) is 9.59 Å². The van der Waals surface area contributed by atoms with Crippen LogP contribution in [0.4, 0.5) is 0 Å². The SMILES string of the molecule is CCCCOC(=O)c1ccc(OCC(=O)OCC)cc1O. The second-order valence-electron chi connectivity index (χ2n) is 4.26. The van der Waals surface area contributed by atoms with Crippen LogP contribution in [0.1, 0.15) is 37.0 Å². The molecule has 1 rings (SSSR count). The summed E-state index contributed by atoms with van der Waals surface area (Å²) in [5.74, 6) is -1.07. The van der Waals surface area contributed by atoms with E-state index in [4.69, 9.17) is 14.2 Å². The molecule has 0 aliphatic heterocycles. The van der Waals surface area contributed by atoms with Crippen molar-refractivity contribution in [1.82, 2.24) is 0 Å². The summed E-state index contributed by atoms with van der Waals surface area (Å²) in [5.41, 5.74) is 0.0644. The molecular formula is C15H20O6. The van der Waals surface area contributed by atoms with Crippen molar-refractivity contribution in [3.63, 3.8) is 0 Å². The molecule has 0 amide bonds. The number of carbonyl (C=O) groups is 2. The molecule has 1 aromatic rings. The smallest absolute Gasteiger partial charge is 0.344 e. The summed E-state index contributed by atoms with van der Waals surface area (Å²) in [7, 11) is 0. The maximum absolute atomic E-state index is 11.7. The lowest BCUT2D eigenvalue weighted by Crippen LogP contribution is -2.14. The van der Waals surface area contributed by atoms with Gasteiger partial charge in [-0.1, -0.05) is 13.3 Å². The van der Waals surface area contributed by atoms with E-state index in [-0.39, 0.29) is 30.3 Å². The molecule has 0 aliphatic rings. The van der Waals surface area contributed by atoms with Crippen LogP contribution in [0.25, 0.3) is 0 Å². The molecule has 0 atom stereocenters. The number of ether oxygens (including phenoxy) is 3. The topological polar surface area (TPSA) is 82.1 Å². The summed E-state index contributed by atoms with van der Waals surface area (Å²) in [6.45, 7) is 4.02. The van der Waals surface area contributed by atoms with Gasteiger partial charge < -0.3 is 19.3 Å². The van der Waals surface area contributed by atoms with Crippen LogP contribution in [0.3, 0.4) is 0 Å². The Morgan fingerprint density at radius 3 is 2.57 bits per heavy atom. The third-order valence-corrected chi connectivity index (χ3v) is 2.58. The average Bonchev–Trinajstić information content (AvgIpc) is 2.45. The van der Waals surface area contributed by atoms with E-state index in [9.17, 15) is 14.7 Å². The summed E-state index contributed by atoms with van der Waals surface area (Å²) >= 11 is 0. The standard InChI is InChI=1S/C15H20O6/c1-3-5-8-20-15(18)12-7-6-11(9-13(12)16)21-10-14(17)19-4-2/h6-7,9,16H,3-5,8,10H2,1-2H3. The van der Waals surface area contributed by atoms with Crippen molar-refractivity contribution in [2.24, 2.45) is 0 Å². The van der Waals surface area contributed by atoms with Gasteiger partial charge in [0.25, 0.3) is 0 Å². The van der Waals surface area contributed by atoms with E-state index >= 15 is 0 Å². The number of esters is 2. The van der Waals surface area contributed by atoms with Crippen molar-refractivity contribution < 1.29 is 28.9 Å². The minimum absolute atomic E-state index is 0.0644. The molecule has 21 heavy (non-hydrogen) atoms. The number of phenolic OH excluding ortho intramolecular Hbond substituents is 1. The zero-order valence-electron chi connectivity index (χ0n) is 12.3. The maximum atomic E-state index is 11.7. The minimum Gasteiger partial charge on any atom is -0.507 e. The average molecular weight is 296 g/mol. The van der Waals surface area contributed by atoms with Crippen LogP contribution < -0.4 is 4.74 Å². The van der Waals surface area contributed by atoms with Gasteiger partial charge in [0.05, 0.1) is 13.2 Å². The van der Waals surface area contributed by atoms with E-state index in [1.165, 1.54) is 18.2 Å². The normalized spacial score (nSPS) is 10.0. The third kappa shape index (κ3) is 5.72. The fourth-order valence-corrected chi connectivity index (χ4v) is 1.51. The first-order chi connectivity index (χ1) is 10.1. The quantitative estimate of drug-likeness (QED) is 0.585. The van der Waals surface area contributed by atoms with E-state index in [1.807, 2.05) is 6.92 Å². The highest BCUT2D eigenvalue weighted by atomic mass is 16.6. The van der Waals surface area contributed by atoms with Crippen LogP contribution >= 0.6 is 0 Å². The highest BCUT2D eigenvalue weighted by molar-refractivity contribution is 5.92. The zero-order valence-corrected chi connectivity index (χ0v) is 12.3. The number of hydrogen-bond acceptors (Lipinski definition) is 6. The fourth-order valence-electron chi connectivity index (χ4n) is 1.51. The largest absolute Gasteiger partial charge is 0.507 e. The molecule has 0 heterocycles. The minimum atomic E-state index is -0.585. The number of aromatic hydroxyl groups is 1. The Morgan fingerprint density at radius 2 is 1.95 bits per heavy atom. The summed E-state index contributed by atoms with van der Waals surface area (Å²) in [6.07, 6.45) is 1.69. The van der Waals surface area contributed by atoms with Gasteiger partial charge in [-0.3, -0.25) is 0 Å². The summed E-state index contributed by atoms with van der Waals surface area (Å²) < 4.78 is 14.9. The Kier molecular flexibility index (Phi) is 7.08. The fraction of sp³-hybridized carbons (Fsp3) is 0.467. The van der Waals surface area contributed by atoms with Crippen LogP contribution in [-0.4, -0.2) is 36.9 Å². The van der Waals surface area contributed by atoms with Gasteiger partial charge in [0.1, 0.15) is 17.1 Å². The number of rotatable bonds is 8. The van der Waals surface area contributed by atoms with Gasteiger partial charge in [-0.05, 0) is 25.5 Å². The van der Waals surface area contributed by atoms with Crippen molar-refractivity contribution in [3.8, 4) is 11.5 Å². The van der Waals surface area contributed by atoms with Gasteiger partial charge in [0, 0.05) is 6.07 Å². The van der Waals surface area contributed by atoms with E-state index < -0.39 is 11.9 Å². The molecule has 0 saturated heterocycles. The summed E-state index contributed by atoms with van der Waals surface area (Å²) in [5, 5.41) is 9.79. The molecule has 0 saturated carbocycles. The zero-order chi connectivity index (χ0) is 15.7. The first kappa shape index (κ1) is 16.8. The van der Waals surface area contributed by atoms with Gasteiger partial charge in [0.15, 0.2) is 6.61 Å². The number of phenols is 1. The Labute approximate surface area is 123 Å². The highest BCUT2D eigenvalue weighted by Gasteiger charge is 2.14. The van der Waals surface area contributed by atoms with E-state index in [0.29, 0.717) is 6.61 Å². The number of unbranched alkanes of at least 4 members (excludes halogenated alkanes) is 1. The van der Waals surface area contributed by atoms with Crippen molar-refractivity contribution in [2.45, 2.75) is 26.7 Å².